The van der Waals surface area contributed by atoms with Crippen molar-refractivity contribution in [3.05, 3.63) is 268 Å². The molecule has 5 aliphatic rings. The van der Waals surface area contributed by atoms with Crippen molar-refractivity contribution in [2.75, 3.05) is 0 Å². The zero-order valence-corrected chi connectivity index (χ0v) is 52.5. The largest absolute Gasteiger partial charge is 0.592 e. The maximum atomic E-state index is 5.99. The number of nitrogens with zero attached hydrogens (tertiary/aromatic N) is 20. The highest BCUT2D eigenvalue weighted by molar-refractivity contribution is 6.11. The molecule has 95 heavy (non-hydrogen) atoms. The van der Waals surface area contributed by atoms with Gasteiger partial charge in [0.1, 0.15) is 25.7 Å². The smallest absolute Gasteiger partial charge is 0.256 e. The van der Waals surface area contributed by atoms with Crippen LogP contribution >= 0.6 is 0 Å². The van der Waals surface area contributed by atoms with E-state index in [1.165, 1.54) is 55.7 Å². The molecule has 16 aromatic rings. The van der Waals surface area contributed by atoms with Crippen molar-refractivity contribution < 1.29 is 45.6 Å². The summed E-state index contributed by atoms with van der Waals surface area (Å²) < 4.78 is 31.6. The van der Waals surface area contributed by atoms with Gasteiger partial charge in [0.2, 0.25) is 43.7 Å². The molecule has 0 aliphatic carbocycles. The number of fused-ring (bicyclic) bond motifs is 15. The number of aryl methyl sites for hydroxylation is 3. The molecule has 21 rings (SSSR count). The SMILES string of the molecule is C[n+]1c[n+]2c3c4c(cccc4c4cccnc4n31)C2.C[n+]1ccc[n+]2c1-c1cnc(-c3ccccc3)n1C2.C[n+]1ccc[n+]2c1-c1ncc(-c3ccccc3)n1C2.[B][n+]1ccc[n+]2c1-c1cnc(-c3ccccc3)n1C2.[B][n+]1ccc[n+]2c1-c1ncc(-c3ccccc3)n1C2. The van der Waals surface area contributed by atoms with Gasteiger partial charge in [-0.1, -0.05) is 140 Å². The van der Waals surface area contributed by atoms with Gasteiger partial charge >= 0.3 is 51.2 Å². The Labute approximate surface area is 548 Å². The molecular formula is C73H62B2N20+10. The molecule has 0 N–H and O–H groups in total. The van der Waals surface area contributed by atoms with Gasteiger partial charge < -0.3 is 0 Å². The number of hydrogen-bond acceptors (Lipinski definition) is 5. The lowest BCUT2D eigenvalue weighted by atomic mass is 10.0. The summed E-state index contributed by atoms with van der Waals surface area (Å²) in [6.07, 6.45) is 27.7. The maximum Gasteiger partial charge on any atom is 0.592 e. The lowest BCUT2D eigenvalue weighted by Gasteiger charge is -2.01. The highest BCUT2D eigenvalue weighted by Crippen LogP contribution is 2.33. The maximum absolute atomic E-state index is 5.99. The number of pyridine rings is 2. The van der Waals surface area contributed by atoms with E-state index in [0.29, 0.717) is 0 Å². The second-order valence-corrected chi connectivity index (χ2v) is 23.9. The van der Waals surface area contributed by atoms with E-state index in [1.54, 1.807) is 8.96 Å². The van der Waals surface area contributed by atoms with Gasteiger partial charge in [-0.25, -0.2) is 33.9 Å². The number of aromatic nitrogens is 20. The Balaban J connectivity index is 0.0000000901. The highest BCUT2D eigenvalue weighted by atomic mass is 15.4. The predicted octanol–water partition coefficient (Wildman–Crippen LogP) is 4.50. The molecule has 5 aromatic carbocycles. The molecule has 0 spiro atoms. The second-order valence-electron chi connectivity index (χ2n) is 23.9. The first-order chi connectivity index (χ1) is 46.7. The third-order valence-corrected chi connectivity index (χ3v) is 18.2. The standard InChI is InChI=1S/C15H12N4.2C15H14N4.2C14H11BN4/c1-17-9-18-8-10-4-2-5-11-12-6-3-7-16-14(12)19(17)15(18)13(10)11;1-17-8-5-9-18-11-19-13(15(17)18)10-16-14(19)12-6-3-2-4-7-12;1-17-8-5-9-18-11-19-13(10-16-14(19)15(17)18)12-6-3-2-4-7-12;15-19-8-4-7-17-10-18-12(14(17)19)9-16-13(18)11-5-2-1-3-6-11;15-19-8-4-7-17-10-18-12(9-16-13(18)14(17)19)11-5-2-1-3-6-11/h2-7,9H,8H2,1H3;2*2-10H,11H2,1H3;2*1-9H,10H2/q5*+2. The summed E-state index contributed by atoms with van der Waals surface area (Å²) in [6, 6.07) is 59.9. The predicted molar refractivity (Wildman–Crippen MR) is 350 cm³/mol. The van der Waals surface area contributed by atoms with E-state index in [4.69, 9.17) is 16.0 Å². The Morgan fingerprint density at radius 1 is 0.358 bits per heavy atom. The first-order valence-electron chi connectivity index (χ1n) is 31.4. The number of hydrogen-bond donors (Lipinski definition) is 0. The Bertz CT molecular complexity index is 5120. The van der Waals surface area contributed by atoms with Gasteiger partial charge in [-0.15, -0.1) is 32.0 Å². The van der Waals surface area contributed by atoms with Crippen LogP contribution in [-0.4, -0.2) is 63.7 Å². The molecule has 22 heteroatoms. The number of rotatable bonds is 4. The molecule has 16 heterocycles. The van der Waals surface area contributed by atoms with Crippen LogP contribution in [0.1, 0.15) is 5.56 Å². The van der Waals surface area contributed by atoms with Crippen LogP contribution in [0.5, 0.6) is 0 Å². The third kappa shape index (κ3) is 9.58. The van der Waals surface area contributed by atoms with Crippen molar-refractivity contribution in [2.45, 2.75) is 33.2 Å². The molecule has 11 aromatic heterocycles. The molecule has 0 saturated carbocycles. The second kappa shape index (κ2) is 23.1. The van der Waals surface area contributed by atoms with E-state index in [9.17, 15) is 0 Å². The fourth-order valence-corrected chi connectivity index (χ4v) is 14.0. The quantitative estimate of drug-likeness (QED) is 0.146. The van der Waals surface area contributed by atoms with Gasteiger partial charge in [-0.05, 0) is 32.5 Å². The molecule has 0 atom stereocenters. The van der Waals surface area contributed by atoms with Crippen molar-refractivity contribution in [3.63, 3.8) is 0 Å². The van der Waals surface area contributed by atoms with E-state index >= 15 is 0 Å². The summed E-state index contributed by atoms with van der Waals surface area (Å²) in [4.78, 5) is 22.8. The van der Waals surface area contributed by atoms with Crippen LogP contribution in [0.4, 0.5) is 0 Å². The van der Waals surface area contributed by atoms with E-state index < -0.39 is 0 Å². The van der Waals surface area contributed by atoms with Gasteiger partial charge in [0.05, 0.1) is 65.8 Å². The van der Waals surface area contributed by atoms with Crippen LogP contribution in [0.25, 0.3) is 119 Å². The first-order valence-corrected chi connectivity index (χ1v) is 31.4. The van der Waals surface area contributed by atoms with Gasteiger partial charge in [-0.2, -0.15) is 0 Å². The van der Waals surface area contributed by atoms with Crippen molar-refractivity contribution in [2.24, 2.45) is 21.1 Å². The van der Waals surface area contributed by atoms with Crippen LogP contribution in [-0.2, 0) is 54.4 Å². The third-order valence-electron chi connectivity index (χ3n) is 18.2. The molecule has 20 nitrogen and oxygen atoms in total. The Kier molecular flexibility index (Phi) is 13.8. The van der Waals surface area contributed by atoms with Crippen LogP contribution < -0.4 is 45.6 Å². The molecule has 5 aliphatic heterocycles. The lowest BCUT2D eigenvalue weighted by molar-refractivity contribution is -0.800. The minimum Gasteiger partial charge on any atom is -0.256 e. The van der Waals surface area contributed by atoms with Gasteiger partial charge in [0, 0.05) is 33.7 Å². The molecule has 4 radical (unpaired) electrons. The molecule has 0 fully saturated rings. The average Bonchev–Trinajstić information content (AvgIpc) is 1.58. The van der Waals surface area contributed by atoms with Crippen LogP contribution in [0.3, 0.4) is 0 Å². The van der Waals surface area contributed by atoms with Crippen molar-refractivity contribution in [3.8, 4) is 91.6 Å². The monoisotopic (exact) mass is 1240 g/mol. The summed E-state index contributed by atoms with van der Waals surface area (Å²) in [6.45, 7) is 4.08. The number of benzene rings is 5. The minimum atomic E-state index is 0.743. The van der Waals surface area contributed by atoms with E-state index in [-0.39, 0.29) is 0 Å². The van der Waals surface area contributed by atoms with Crippen molar-refractivity contribution in [1.29, 1.82) is 0 Å². The van der Waals surface area contributed by atoms with E-state index in [0.717, 1.165) is 102 Å². The van der Waals surface area contributed by atoms with E-state index in [2.05, 4.69) is 234 Å². The highest BCUT2D eigenvalue weighted by Gasteiger charge is 2.41. The molecule has 450 valence electrons. The topological polar surface area (TPSA) is 127 Å². The summed E-state index contributed by atoms with van der Waals surface area (Å²) in [5.41, 5.74) is 12.8. The lowest BCUT2D eigenvalue weighted by Crippen LogP contribution is -2.47. The normalized spacial score (nSPS) is 12.5. The van der Waals surface area contributed by atoms with Crippen LogP contribution in [0, 0.1) is 0 Å². The van der Waals surface area contributed by atoms with Crippen LogP contribution in [0.15, 0.2) is 263 Å². The molecule has 0 bridgehead atoms. The average molecular weight is 1240 g/mol. The summed E-state index contributed by atoms with van der Waals surface area (Å²) in [7, 11) is 18.2. The zero-order valence-electron chi connectivity index (χ0n) is 52.5. The fourth-order valence-electron chi connectivity index (χ4n) is 14.0. The van der Waals surface area contributed by atoms with Crippen molar-refractivity contribution >= 4 is 43.4 Å². The Hall–Kier alpha value is -12.3. The Morgan fingerprint density at radius 3 is 1.36 bits per heavy atom. The molecular weight excluding hydrogens is 1180 g/mol. The molecule has 0 amide bonds. The van der Waals surface area contributed by atoms with E-state index in [1.807, 2.05) is 135 Å². The number of imidazole rings is 4. The molecule has 0 unspecified atom stereocenters. The minimum absolute atomic E-state index is 0.743. The van der Waals surface area contributed by atoms with Gasteiger partial charge in [0.15, 0.2) is 63.2 Å². The Morgan fingerprint density at radius 2 is 0.789 bits per heavy atom. The fraction of sp³-hybridized carbons (Fsp3) is 0.110. The zero-order chi connectivity index (χ0) is 63.8. The van der Waals surface area contributed by atoms with Gasteiger partial charge in [-0.3, -0.25) is 18.3 Å². The van der Waals surface area contributed by atoms with Gasteiger partial charge in [0.25, 0.3) is 11.6 Å². The van der Waals surface area contributed by atoms with Crippen LogP contribution in [0.2, 0.25) is 0 Å². The summed E-state index contributed by atoms with van der Waals surface area (Å²) in [5.74, 6) is 8.16. The first kappa shape index (κ1) is 56.6. The molecule has 0 saturated heterocycles. The summed E-state index contributed by atoms with van der Waals surface area (Å²) in [5, 5.41) is 3.88. The summed E-state index contributed by atoms with van der Waals surface area (Å²) >= 11 is 0. The van der Waals surface area contributed by atoms with Crippen molar-refractivity contribution in [1.82, 2.24) is 47.7 Å².